The Balaban J connectivity index is 1.89. The number of amides is 1. The summed E-state index contributed by atoms with van der Waals surface area (Å²) in [5.74, 6) is -0.0347. The smallest absolute Gasteiger partial charge is 0.238 e. The van der Waals surface area contributed by atoms with E-state index in [1.165, 1.54) is 25.7 Å². The summed E-state index contributed by atoms with van der Waals surface area (Å²) in [7, 11) is 0. The highest BCUT2D eigenvalue weighted by Crippen LogP contribution is 2.29. The van der Waals surface area contributed by atoms with Crippen LogP contribution in [0.15, 0.2) is 16.6 Å². The van der Waals surface area contributed by atoms with Crippen LogP contribution in [0.3, 0.4) is 0 Å². The van der Waals surface area contributed by atoms with E-state index in [1.807, 2.05) is 13.0 Å². The zero-order chi connectivity index (χ0) is 13.8. The van der Waals surface area contributed by atoms with Gasteiger partial charge in [-0.1, -0.05) is 24.4 Å². The van der Waals surface area contributed by atoms with E-state index in [0.29, 0.717) is 23.3 Å². The van der Waals surface area contributed by atoms with Gasteiger partial charge in [0.25, 0.3) is 0 Å². The third-order valence-electron chi connectivity index (χ3n) is 3.43. The first kappa shape index (κ1) is 14.8. The van der Waals surface area contributed by atoms with Crippen LogP contribution in [0.4, 0.5) is 5.69 Å². The third kappa shape index (κ3) is 4.20. The molecule has 2 rings (SSSR count). The molecule has 0 radical (unpaired) electrons. The Hall–Kier alpha value is -0.580. The fourth-order valence-electron chi connectivity index (χ4n) is 2.30. The van der Waals surface area contributed by atoms with Gasteiger partial charge in [-0.05, 0) is 53.4 Å². The lowest BCUT2D eigenvalue weighted by molar-refractivity contribution is -0.115. The van der Waals surface area contributed by atoms with Gasteiger partial charge in [0.05, 0.1) is 12.2 Å². The van der Waals surface area contributed by atoms with E-state index < -0.39 is 0 Å². The number of halogens is 2. The highest BCUT2D eigenvalue weighted by molar-refractivity contribution is 9.10. The molecule has 0 heterocycles. The third-order valence-corrected chi connectivity index (χ3v) is 4.49. The van der Waals surface area contributed by atoms with Crippen LogP contribution in [-0.2, 0) is 4.79 Å². The van der Waals surface area contributed by atoms with Crippen molar-refractivity contribution in [2.45, 2.75) is 38.6 Å². The zero-order valence-corrected chi connectivity index (χ0v) is 13.3. The summed E-state index contributed by atoms with van der Waals surface area (Å²) in [6, 6.07) is 4.17. The molecule has 1 amide bonds. The molecule has 0 spiro atoms. The molecule has 1 aliphatic rings. The lowest BCUT2D eigenvalue weighted by Gasteiger charge is -2.13. The minimum atomic E-state index is -0.0347. The highest BCUT2D eigenvalue weighted by atomic mass is 79.9. The summed E-state index contributed by atoms with van der Waals surface area (Å²) >= 11 is 9.50. The van der Waals surface area contributed by atoms with Gasteiger partial charge in [0, 0.05) is 15.5 Å². The number of carbonyl (C=O) groups excluding carboxylic acids is 1. The van der Waals surface area contributed by atoms with E-state index in [0.717, 1.165) is 10.0 Å². The second kappa shape index (κ2) is 6.73. The van der Waals surface area contributed by atoms with Crippen molar-refractivity contribution < 1.29 is 4.79 Å². The number of carbonyl (C=O) groups is 1. The number of aryl methyl sites for hydroxylation is 1. The molecule has 0 aliphatic heterocycles. The van der Waals surface area contributed by atoms with Crippen molar-refractivity contribution in [2.24, 2.45) is 0 Å². The summed E-state index contributed by atoms with van der Waals surface area (Å²) in [6.07, 6.45) is 4.87. The zero-order valence-electron chi connectivity index (χ0n) is 10.9. The molecule has 1 fully saturated rings. The van der Waals surface area contributed by atoms with Crippen LogP contribution in [-0.4, -0.2) is 18.5 Å². The molecule has 104 valence electrons. The van der Waals surface area contributed by atoms with Crippen molar-refractivity contribution >= 4 is 39.1 Å². The SMILES string of the molecule is Cc1cc(Br)c(NC(=O)CNC2CCCC2)cc1Cl. The van der Waals surface area contributed by atoms with E-state index in [-0.39, 0.29) is 5.91 Å². The van der Waals surface area contributed by atoms with E-state index >= 15 is 0 Å². The molecule has 0 bridgehead atoms. The quantitative estimate of drug-likeness (QED) is 0.869. The predicted molar refractivity (Wildman–Crippen MR) is 82.8 cm³/mol. The topological polar surface area (TPSA) is 41.1 Å². The second-order valence-electron chi connectivity index (χ2n) is 4.99. The minimum absolute atomic E-state index is 0.0347. The highest BCUT2D eigenvalue weighted by Gasteiger charge is 2.15. The van der Waals surface area contributed by atoms with Gasteiger partial charge in [-0.2, -0.15) is 0 Å². The van der Waals surface area contributed by atoms with E-state index in [1.54, 1.807) is 6.07 Å². The van der Waals surface area contributed by atoms with Gasteiger partial charge in [-0.3, -0.25) is 4.79 Å². The van der Waals surface area contributed by atoms with Gasteiger partial charge in [-0.25, -0.2) is 0 Å². The molecular formula is C14H18BrClN2O. The maximum Gasteiger partial charge on any atom is 0.238 e. The average Bonchev–Trinajstić information content (AvgIpc) is 2.86. The van der Waals surface area contributed by atoms with Crippen molar-refractivity contribution in [3.8, 4) is 0 Å². The van der Waals surface area contributed by atoms with Gasteiger partial charge >= 0.3 is 0 Å². The molecule has 0 saturated heterocycles. The Labute approximate surface area is 127 Å². The first-order valence-electron chi connectivity index (χ1n) is 6.55. The molecule has 2 N–H and O–H groups in total. The van der Waals surface area contributed by atoms with Gasteiger partial charge in [0.2, 0.25) is 5.91 Å². The van der Waals surface area contributed by atoms with E-state index in [9.17, 15) is 4.79 Å². The van der Waals surface area contributed by atoms with Crippen LogP contribution in [0.2, 0.25) is 5.02 Å². The van der Waals surface area contributed by atoms with Crippen LogP contribution in [0, 0.1) is 6.92 Å². The molecule has 1 aliphatic carbocycles. The summed E-state index contributed by atoms with van der Waals surface area (Å²) in [5.41, 5.74) is 1.70. The number of hydrogen-bond acceptors (Lipinski definition) is 2. The number of hydrogen-bond donors (Lipinski definition) is 2. The summed E-state index contributed by atoms with van der Waals surface area (Å²) in [4.78, 5) is 11.9. The maximum absolute atomic E-state index is 11.9. The van der Waals surface area contributed by atoms with E-state index in [2.05, 4.69) is 26.6 Å². The molecule has 19 heavy (non-hydrogen) atoms. The lowest BCUT2D eigenvalue weighted by atomic mass is 10.2. The fraction of sp³-hybridized carbons (Fsp3) is 0.500. The summed E-state index contributed by atoms with van der Waals surface area (Å²) in [5, 5.41) is 6.81. The van der Waals surface area contributed by atoms with Gasteiger partial charge in [0.1, 0.15) is 0 Å². The fourth-order valence-corrected chi connectivity index (χ4v) is 3.02. The number of anilines is 1. The molecular weight excluding hydrogens is 328 g/mol. The predicted octanol–water partition coefficient (Wildman–Crippen LogP) is 3.88. The normalized spacial score (nSPS) is 15.7. The average molecular weight is 346 g/mol. The first-order valence-corrected chi connectivity index (χ1v) is 7.72. The van der Waals surface area contributed by atoms with Crippen LogP contribution < -0.4 is 10.6 Å². The molecule has 0 unspecified atom stereocenters. The second-order valence-corrected chi connectivity index (χ2v) is 6.25. The standard InChI is InChI=1S/C14H18BrClN2O/c1-9-6-11(15)13(7-12(9)16)18-14(19)8-17-10-4-2-3-5-10/h6-7,10,17H,2-5,8H2,1H3,(H,18,19). The van der Waals surface area contributed by atoms with Crippen molar-refractivity contribution in [2.75, 3.05) is 11.9 Å². The molecule has 0 aromatic heterocycles. The molecule has 1 aromatic carbocycles. The largest absolute Gasteiger partial charge is 0.324 e. The summed E-state index contributed by atoms with van der Waals surface area (Å²) < 4.78 is 0.851. The van der Waals surface area contributed by atoms with Crippen LogP contribution >= 0.6 is 27.5 Å². The van der Waals surface area contributed by atoms with Gasteiger partial charge in [-0.15, -0.1) is 0 Å². The van der Waals surface area contributed by atoms with Crippen molar-refractivity contribution in [1.82, 2.24) is 5.32 Å². The Morgan fingerprint density at radius 2 is 2.11 bits per heavy atom. The van der Waals surface area contributed by atoms with Crippen molar-refractivity contribution in [1.29, 1.82) is 0 Å². The molecule has 0 atom stereocenters. The van der Waals surface area contributed by atoms with Crippen LogP contribution in [0.5, 0.6) is 0 Å². The molecule has 1 saturated carbocycles. The Morgan fingerprint density at radius 1 is 1.42 bits per heavy atom. The number of rotatable bonds is 4. The van der Waals surface area contributed by atoms with Crippen molar-refractivity contribution in [3.05, 3.63) is 27.2 Å². The molecule has 1 aromatic rings. The van der Waals surface area contributed by atoms with Crippen LogP contribution in [0.25, 0.3) is 0 Å². The number of nitrogens with one attached hydrogen (secondary N) is 2. The van der Waals surface area contributed by atoms with E-state index in [4.69, 9.17) is 11.6 Å². The number of benzene rings is 1. The Morgan fingerprint density at radius 3 is 2.79 bits per heavy atom. The van der Waals surface area contributed by atoms with Gasteiger partial charge < -0.3 is 10.6 Å². The van der Waals surface area contributed by atoms with Gasteiger partial charge in [0.15, 0.2) is 0 Å². The lowest BCUT2D eigenvalue weighted by Crippen LogP contribution is -2.34. The maximum atomic E-state index is 11.9. The molecule has 3 nitrogen and oxygen atoms in total. The van der Waals surface area contributed by atoms with Crippen molar-refractivity contribution in [3.63, 3.8) is 0 Å². The first-order chi connectivity index (χ1) is 9.06. The minimum Gasteiger partial charge on any atom is -0.324 e. The Bertz CT molecular complexity index is 473. The Kier molecular flexibility index (Phi) is 5.25. The monoisotopic (exact) mass is 344 g/mol. The van der Waals surface area contributed by atoms with Crippen LogP contribution in [0.1, 0.15) is 31.2 Å². The summed E-state index contributed by atoms with van der Waals surface area (Å²) in [6.45, 7) is 2.28. The molecule has 5 heteroatoms.